The summed E-state index contributed by atoms with van der Waals surface area (Å²) in [6.45, 7) is 3.34. The number of sulfone groups is 1. The first kappa shape index (κ1) is 16.3. The zero-order valence-corrected chi connectivity index (χ0v) is 19.4. The fraction of sp³-hybridized carbons (Fsp3) is 0.192. The molecule has 0 aliphatic heterocycles. The van der Waals surface area contributed by atoms with Crippen molar-refractivity contribution in [2.45, 2.75) is 24.4 Å². The molecule has 2 aromatic heterocycles. The molecular weight excluding hydrogens is 454 g/mol. The van der Waals surface area contributed by atoms with Gasteiger partial charge in [-0.1, -0.05) is 41.1 Å². The number of rotatable bonds is 6. The third-order valence-electron chi connectivity index (χ3n) is 4.77. The van der Waals surface area contributed by atoms with Gasteiger partial charge in [-0.2, -0.15) is 0 Å². The Kier molecular flexibility index (Phi) is 4.57. The summed E-state index contributed by atoms with van der Waals surface area (Å²) in [5.74, 6) is 0.835. The zero-order valence-electron chi connectivity index (χ0n) is 23.7. The molecule has 0 bridgehead atoms. The van der Waals surface area contributed by atoms with Crippen LogP contribution in [0.15, 0.2) is 64.9 Å². The molecular formula is C26H23NO4S2. The smallest absolute Gasteiger partial charge is 0.307 e. The average Bonchev–Trinajstić information content (AvgIpc) is 3.50. The largest absolute Gasteiger partial charge is 0.481 e. The van der Waals surface area contributed by atoms with Crippen molar-refractivity contribution < 1.29 is 26.5 Å². The van der Waals surface area contributed by atoms with Crippen molar-refractivity contribution in [2.24, 2.45) is 5.92 Å². The van der Waals surface area contributed by atoms with Crippen LogP contribution in [0.1, 0.15) is 35.4 Å². The lowest BCUT2D eigenvalue weighted by Gasteiger charge is -2.12. The minimum atomic E-state index is -4.30. The van der Waals surface area contributed by atoms with Gasteiger partial charge in [-0.3, -0.25) is 4.79 Å². The number of thiophene rings is 1. The van der Waals surface area contributed by atoms with E-state index in [1.54, 1.807) is 0 Å². The van der Waals surface area contributed by atoms with Crippen molar-refractivity contribution in [3.05, 3.63) is 87.8 Å². The number of H-pyrrole nitrogens is 1. The van der Waals surface area contributed by atoms with Gasteiger partial charge in [-0.25, -0.2) is 8.42 Å². The highest BCUT2D eigenvalue weighted by molar-refractivity contribution is 7.93. The summed E-state index contributed by atoms with van der Waals surface area (Å²) in [5.41, 5.74) is 1.18. The summed E-state index contributed by atoms with van der Waals surface area (Å²) in [7, 11) is -4.30. The maximum Gasteiger partial charge on any atom is 0.307 e. The van der Waals surface area contributed by atoms with Gasteiger partial charge in [0.15, 0.2) is 9.84 Å². The van der Waals surface area contributed by atoms with Crippen molar-refractivity contribution in [1.82, 2.24) is 4.98 Å². The van der Waals surface area contributed by atoms with E-state index in [2.05, 4.69) is 16.8 Å². The molecule has 4 rings (SSSR count). The van der Waals surface area contributed by atoms with Crippen molar-refractivity contribution in [3.63, 3.8) is 0 Å². The molecule has 0 fully saturated rings. The van der Waals surface area contributed by atoms with Crippen molar-refractivity contribution >= 4 is 38.0 Å². The van der Waals surface area contributed by atoms with Crippen LogP contribution in [-0.2, 0) is 21.0 Å². The molecule has 0 spiro atoms. The Morgan fingerprint density at radius 3 is 2.64 bits per heavy atom. The lowest BCUT2D eigenvalue weighted by Crippen LogP contribution is -2.25. The van der Waals surface area contributed by atoms with Gasteiger partial charge >= 0.3 is 5.97 Å². The standard InChI is InChI=1S/C26H23NO4S2/c1-17-3-6-19(7-4-17)8-9-22-10-12-25(32-22)33(30,31)16-21(26(28)29)14-20-15-27-24-11-5-18(2)13-23(20)24/h3-7,10-13,15,21,27H,14,16H2,1-2H3,(H,28,29)/t21-/m0/s1/i5D,11D,13D,14D2,15D. The highest BCUT2D eigenvalue weighted by atomic mass is 32.2. The van der Waals surface area contributed by atoms with Crippen molar-refractivity contribution in [3.8, 4) is 11.8 Å². The Hall–Kier alpha value is -3.34. The predicted molar refractivity (Wildman–Crippen MR) is 131 cm³/mol. The van der Waals surface area contributed by atoms with Crippen LogP contribution in [0.4, 0.5) is 0 Å². The molecule has 0 radical (unpaired) electrons. The van der Waals surface area contributed by atoms with Crippen LogP contribution in [0.5, 0.6) is 0 Å². The summed E-state index contributed by atoms with van der Waals surface area (Å²) in [4.78, 5) is 15.2. The number of carboxylic acids is 1. The Bertz CT molecular complexity index is 1780. The second-order valence-corrected chi connectivity index (χ2v) is 10.8. The van der Waals surface area contributed by atoms with E-state index in [0.717, 1.165) is 22.5 Å². The number of fused-ring (bicyclic) bond motifs is 1. The first-order chi connectivity index (χ1) is 18.1. The van der Waals surface area contributed by atoms with Crippen LogP contribution in [0, 0.1) is 31.6 Å². The van der Waals surface area contributed by atoms with E-state index in [0.29, 0.717) is 4.88 Å². The third-order valence-corrected chi connectivity index (χ3v) is 8.10. The summed E-state index contributed by atoms with van der Waals surface area (Å²) in [6.07, 6.45) is -3.51. The average molecular weight is 484 g/mol. The van der Waals surface area contributed by atoms with Gasteiger partial charge in [0.1, 0.15) is 4.21 Å². The van der Waals surface area contributed by atoms with Crippen molar-refractivity contribution in [2.75, 3.05) is 5.75 Å². The normalized spacial score (nSPS) is 15.3. The maximum absolute atomic E-state index is 13.2. The predicted octanol–water partition coefficient (Wildman–Crippen LogP) is 4.96. The molecule has 0 unspecified atom stereocenters. The van der Waals surface area contributed by atoms with Gasteiger partial charge in [0, 0.05) is 25.4 Å². The summed E-state index contributed by atoms with van der Waals surface area (Å²) >= 11 is 0.842. The quantitative estimate of drug-likeness (QED) is 0.379. The third kappa shape index (κ3) is 5.36. The number of nitrogens with one attached hydrogen (secondary N) is 1. The SMILES string of the molecule is [2H]c1[nH]c2c([2H])c([2H])c(C)c([2H])c2c1C([2H])([2H])[C@@H](CS(=O)(=O)c1ccc(C#Cc2ccc(C)cc2)s1)C(=O)O. The highest BCUT2D eigenvalue weighted by Gasteiger charge is 2.28. The number of aryl methyl sites for hydroxylation is 1. The van der Waals surface area contributed by atoms with Crippen LogP contribution >= 0.6 is 11.3 Å². The molecule has 33 heavy (non-hydrogen) atoms. The van der Waals surface area contributed by atoms with Gasteiger partial charge in [0.25, 0.3) is 0 Å². The molecule has 1 atom stereocenters. The molecule has 5 nitrogen and oxygen atoms in total. The molecule has 0 saturated carbocycles. The number of aliphatic carboxylic acids is 1. The van der Waals surface area contributed by atoms with Crippen LogP contribution in [0.25, 0.3) is 10.9 Å². The van der Waals surface area contributed by atoms with E-state index in [9.17, 15) is 18.3 Å². The fourth-order valence-corrected chi connectivity index (χ4v) is 5.73. The van der Waals surface area contributed by atoms with E-state index in [4.69, 9.17) is 8.22 Å². The number of benzene rings is 2. The number of aromatic amines is 1. The van der Waals surface area contributed by atoms with E-state index in [1.165, 1.54) is 19.1 Å². The monoisotopic (exact) mass is 483 g/mol. The Morgan fingerprint density at radius 2 is 1.91 bits per heavy atom. The second kappa shape index (κ2) is 9.26. The van der Waals surface area contributed by atoms with E-state index < -0.39 is 45.6 Å². The van der Waals surface area contributed by atoms with Gasteiger partial charge in [-0.05, 0) is 62.1 Å². The number of hydrogen-bond acceptors (Lipinski definition) is 4. The summed E-state index contributed by atoms with van der Waals surface area (Å²) in [6, 6.07) is 9.26. The van der Waals surface area contributed by atoms with Crippen LogP contribution < -0.4 is 0 Å². The number of carbonyl (C=O) groups is 1. The van der Waals surface area contributed by atoms with Crippen molar-refractivity contribution in [1.29, 1.82) is 0 Å². The minimum absolute atomic E-state index is 0.0564. The second-order valence-electron chi connectivity index (χ2n) is 7.43. The minimum Gasteiger partial charge on any atom is -0.481 e. The molecule has 0 amide bonds. The molecule has 2 N–H and O–H groups in total. The molecule has 168 valence electrons. The van der Waals surface area contributed by atoms with E-state index in [-0.39, 0.29) is 38.8 Å². The Balaban J connectivity index is 1.72. The lowest BCUT2D eigenvalue weighted by atomic mass is 10.00. The van der Waals surface area contributed by atoms with E-state index in [1.807, 2.05) is 31.2 Å². The molecule has 0 saturated heterocycles. The van der Waals surface area contributed by atoms with Gasteiger partial charge in [0.05, 0.1) is 22.0 Å². The fourth-order valence-electron chi connectivity index (χ4n) is 3.05. The van der Waals surface area contributed by atoms with Gasteiger partial charge in [-0.15, -0.1) is 11.3 Å². The summed E-state index contributed by atoms with van der Waals surface area (Å²) < 4.78 is 76.5. The Labute approximate surface area is 205 Å². The molecule has 2 heterocycles. The lowest BCUT2D eigenvalue weighted by molar-refractivity contribution is -0.140. The first-order valence-electron chi connectivity index (χ1n) is 12.9. The molecule has 2 aromatic carbocycles. The topological polar surface area (TPSA) is 87.2 Å². The van der Waals surface area contributed by atoms with Crippen LogP contribution in [0.3, 0.4) is 0 Å². The number of carboxylic acid groups (broad SMARTS) is 1. The van der Waals surface area contributed by atoms with Gasteiger partial charge in [0.2, 0.25) is 0 Å². The molecule has 0 aliphatic rings. The zero-order chi connectivity index (χ0) is 28.9. The Morgan fingerprint density at radius 1 is 1.15 bits per heavy atom. The summed E-state index contributed by atoms with van der Waals surface area (Å²) in [5, 5.41) is 9.72. The van der Waals surface area contributed by atoms with E-state index >= 15 is 0 Å². The molecule has 4 aromatic rings. The van der Waals surface area contributed by atoms with Crippen LogP contribution in [-0.4, -0.2) is 30.2 Å². The molecule has 7 heteroatoms. The maximum atomic E-state index is 13.2. The number of aromatic nitrogens is 1. The van der Waals surface area contributed by atoms with Crippen LogP contribution in [0.2, 0.25) is 0 Å². The first-order valence-corrected chi connectivity index (χ1v) is 12.3. The highest BCUT2D eigenvalue weighted by Crippen LogP contribution is 2.27. The van der Waals surface area contributed by atoms with Gasteiger partial charge < -0.3 is 10.1 Å². The molecule has 0 aliphatic carbocycles. The number of hydrogen-bond donors (Lipinski definition) is 2.